The van der Waals surface area contributed by atoms with Crippen molar-refractivity contribution in [2.75, 3.05) is 26.2 Å². The van der Waals surface area contributed by atoms with Gasteiger partial charge in [0, 0.05) is 44.2 Å². The van der Waals surface area contributed by atoms with Gasteiger partial charge in [-0.1, -0.05) is 55.5 Å². The van der Waals surface area contributed by atoms with Gasteiger partial charge in [-0.25, -0.2) is 0 Å². The molecular weight excluding hydrogens is 480 g/mol. The third kappa shape index (κ3) is 8.17. The summed E-state index contributed by atoms with van der Waals surface area (Å²) >= 11 is 0. The first kappa shape index (κ1) is 28.9. The number of rotatable bonds is 14. The zero-order valence-corrected chi connectivity index (χ0v) is 21.9. The highest BCUT2D eigenvalue weighted by molar-refractivity contribution is 5.94. The zero-order chi connectivity index (χ0) is 27.5. The second-order valence-corrected chi connectivity index (χ2v) is 9.56. The molecule has 202 valence electrons. The first-order chi connectivity index (χ1) is 18.3. The van der Waals surface area contributed by atoms with Crippen molar-refractivity contribution in [2.24, 2.45) is 17.2 Å². The molecule has 1 aromatic heterocycles. The summed E-state index contributed by atoms with van der Waals surface area (Å²) in [6, 6.07) is 17.6. The van der Waals surface area contributed by atoms with Crippen LogP contribution in [0.2, 0.25) is 0 Å². The molecular formula is C29H38N6O3. The lowest BCUT2D eigenvalue weighted by molar-refractivity contribution is -0.135. The van der Waals surface area contributed by atoms with Crippen molar-refractivity contribution in [1.82, 2.24) is 15.2 Å². The second kappa shape index (κ2) is 14.3. The van der Waals surface area contributed by atoms with E-state index in [0.29, 0.717) is 19.5 Å². The maximum atomic E-state index is 13.5. The number of para-hydroxylation sites is 1. The summed E-state index contributed by atoms with van der Waals surface area (Å²) in [5, 5.41) is 3.77. The molecule has 0 aliphatic rings. The Morgan fingerprint density at radius 2 is 1.63 bits per heavy atom. The van der Waals surface area contributed by atoms with Crippen molar-refractivity contribution in [2.45, 2.75) is 44.2 Å². The zero-order valence-electron chi connectivity index (χ0n) is 21.9. The third-order valence-corrected chi connectivity index (χ3v) is 6.57. The highest BCUT2D eigenvalue weighted by atomic mass is 16.2. The minimum Gasteiger partial charge on any atom is -0.345 e. The summed E-state index contributed by atoms with van der Waals surface area (Å²) in [5.74, 6) is -0.993. The van der Waals surface area contributed by atoms with Gasteiger partial charge in [-0.05, 0) is 35.6 Å². The lowest BCUT2D eigenvalue weighted by Gasteiger charge is -2.25. The fourth-order valence-electron chi connectivity index (χ4n) is 4.44. The Labute approximate surface area is 223 Å². The molecule has 3 aromatic rings. The van der Waals surface area contributed by atoms with Gasteiger partial charge in [0.25, 0.3) is 0 Å². The molecule has 2 amide bonds. The summed E-state index contributed by atoms with van der Waals surface area (Å²) in [4.78, 5) is 45.1. The lowest BCUT2D eigenvalue weighted by atomic mass is 9.90. The number of aromatic nitrogens is 1. The van der Waals surface area contributed by atoms with Crippen LogP contribution in [0.15, 0.2) is 66.9 Å². The quantitative estimate of drug-likeness (QED) is 0.252. The number of ketones is 1. The monoisotopic (exact) mass is 518 g/mol. The molecule has 3 atom stereocenters. The number of fused-ring (bicyclic) bond motifs is 1. The van der Waals surface area contributed by atoms with Crippen LogP contribution in [0.3, 0.4) is 0 Å². The maximum absolute atomic E-state index is 13.5. The number of nitrogens with zero attached hydrogens (tertiary/aromatic N) is 2. The fourth-order valence-corrected chi connectivity index (χ4v) is 4.44. The van der Waals surface area contributed by atoms with Gasteiger partial charge in [0.05, 0.1) is 24.0 Å². The molecule has 7 N–H and O–H groups in total. The third-order valence-electron chi connectivity index (χ3n) is 6.57. The maximum Gasteiger partial charge on any atom is 0.238 e. The van der Waals surface area contributed by atoms with Gasteiger partial charge in [0.15, 0.2) is 5.78 Å². The van der Waals surface area contributed by atoms with Gasteiger partial charge in [0.1, 0.15) is 0 Å². The SMILES string of the molecule is CC(C[C@H](NC(=O)[C@@H](N)CC(=O)N(CCN)CCN)C(=O)Cc1cnc2ccccc2c1)c1ccccc1. The Balaban J connectivity index is 1.74. The van der Waals surface area contributed by atoms with Gasteiger partial charge in [-0.2, -0.15) is 0 Å². The van der Waals surface area contributed by atoms with E-state index < -0.39 is 18.0 Å². The van der Waals surface area contributed by atoms with E-state index in [4.69, 9.17) is 17.2 Å². The highest BCUT2D eigenvalue weighted by Gasteiger charge is 2.28. The molecule has 0 saturated heterocycles. The second-order valence-electron chi connectivity index (χ2n) is 9.56. The largest absolute Gasteiger partial charge is 0.345 e. The average Bonchev–Trinajstić information content (AvgIpc) is 2.92. The minimum atomic E-state index is -1.11. The molecule has 9 heteroatoms. The highest BCUT2D eigenvalue weighted by Crippen LogP contribution is 2.22. The van der Waals surface area contributed by atoms with E-state index in [2.05, 4.69) is 10.3 Å². The van der Waals surface area contributed by atoms with Crippen LogP contribution >= 0.6 is 0 Å². The summed E-state index contributed by atoms with van der Waals surface area (Å²) in [6.07, 6.45) is 1.99. The van der Waals surface area contributed by atoms with Gasteiger partial charge in [0.2, 0.25) is 11.8 Å². The first-order valence-electron chi connectivity index (χ1n) is 13.0. The standard InChI is InChI=1S/C29H38N6O3/c1-20(22-7-3-2-4-8-22)15-26(27(36)17-21-16-23-9-5-6-10-25(23)33-19-21)34-29(38)24(32)18-28(37)35(13-11-30)14-12-31/h2-10,16,19-20,24,26H,11-15,17-18,30-32H2,1H3,(H,34,38)/t20?,24-,26-/m0/s1. The number of nitrogens with two attached hydrogens (primary N) is 3. The molecule has 3 rings (SSSR count). The minimum absolute atomic E-state index is 0.00244. The predicted octanol–water partition coefficient (Wildman–Crippen LogP) is 1.49. The Hall–Kier alpha value is -3.66. The number of carbonyl (C=O) groups excluding carboxylic acids is 3. The van der Waals surface area contributed by atoms with Crippen molar-refractivity contribution >= 4 is 28.5 Å². The van der Waals surface area contributed by atoms with Crippen LogP contribution in [-0.2, 0) is 20.8 Å². The van der Waals surface area contributed by atoms with Crippen molar-refractivity contribution in [3.05, 3.63) is 78.0 Å². The Morgan fingerprint density at radius 1 is 0.974 bits per heavy atom. The topological polar surface area (TPSA) is 157 Å². The van der Waals surface area contributed by atoms with Gasteiger partial charge in [-0.15, -0.1) is 0 Å². The normalized spacial score (nSPS) is 13.5. The molecule has 9 nitrogen and oxygen atoms in total. The molecule has 1 unspecified atom stereocenters. The van der Waals surface area contributed by atoms with Crippen molar-refractivity contribution in [3.63, 3.8) is 0 Å². The molecule has 38 heavy (non-hydrogen) atoms. The van der Waals surface area contributed by atoms with Crippen LogP contribution in [0.4, 0.5) is 0 Å². The number of carbonyl (C=O) groups is 3. The Morgan fingerprint density at radius 3 is 2.32 bits per heavy atom. The summed E-state index contributed by atoms with van der Waals surface area (Å²) in [6.45, 7) is 3.25. The predicted molar refractivity (Wildman–Crippen MR) is 149 cm³/mol. The van der Waals surface area contributed by atoms with E-state index >= 15 is 0 Å². The van der Waals surface area contributed by atoms with Gasteiger partial charge >= 0.3 is 0 Å². The van der Waals surface area contributed by atoms with Crippen LogP contribution < -0.4 is 22.5 Å². The fraction of sp³-hybridized carbons (Fsp3) is 0.379. The van der Waals surface area contributed by atoms with Crippen LogP contribution in [0, 0.1) is 0 Å². The number of amides is 2. The van der Waals surface area contributed by atoms with Crippen molar-refractivity contribution in [3.8, 4) is 0 Å². The van der Waals surface area contributed by atoms with Crippen LogP contribution in [0.1, 0.15) is 36.8 Å². The van der Waals surface area contributed by atoms with Crippen molar-refractivity contribution in [1.29, 1.82) is 0 Å². The van der Waals surface area contributed by atoms with E-state index in [1.807, 2.05) is 67.6 Å². The summed E-state index contributed by atoms with van der Waals surface area (Å²) in [5.41, 5.74) is 20.0. The van der Waals surface area contributed by atoms with E-state index in [9.17, 15) is 14.4 Å². The van der Waals surface area contributed by atoms with Crippen LogP contribution in [0.25, 0.3) is 10.9 Å². The summed E-state index contributed by atoms with van der Waals surface area (Å²) < 4.78 is 0. The summed E-state index contributed by atoms with van der Waals surface area (Å²) in [7, 11) is 0. The Bertz CT molecular complexity index is 1210. The molecule has 0 radical (unpaired) electrons. The molecule has 2 aromatic carbocycles. The molecule has 0 bridgehead atoms. The number of pyridine rings is 1. The first-order valence-corrected chi connectivity index (χ1v) is 13.0. The number of nitrogens with one attached hydrogen (secondary N) is 1. The number of benzene rings is 2. The molecule has 1 heterocycles. The van der Waals surface area contributed by atoms with Crippen molar-refractivity contribution < 1.29 is 14.4 Å². The van der Waals surface area contributed by atoms with E-state index in [1.165, 1.54) is 4.90 Å². The average molecular weight is 519 g/mol. The lowest BCUT2D eigenvalue weighted by Crippen LogP contribution is -2.51. The number of hydrogen-bond donors (Lipinski definition) is 4. The Kier molecular flexibility index (Phi) is 10.9. The number of Topliss-reactive ketones (excluding diaryl/α,β-unsaturated/α-hetero) is 1. The smallest absolute Gasteiger partial charge is 0.238 e. The van der Waals surface area contributed by atoms with E-state index in [1.54, 1.807) is 6.20 Å². The molecule has 0 aliphatic carbocycles. The van der Waals surface area contributed by atoms with Crippen LogP contribution in [0.5, 0.6) is 0 Å². The molecule has 0 spiro atoms. The number of hydrogen-bond acceptors (Lipinski definition) is 7. The van der Waals surface area contributed by atoms with Crippen LogP contribution in [-0.4, -0.2) is 65.7 Å². The van der Waals surface area contributed by atoms with Gasteiger partial charge < -0.3 is 27.4 Å². The molecule has 0 aliphatic heterocycles. The molecule has 0 saturated carbocycles. The van der Waals surface area contributed by atoms with Gasteiger partial charge in [-0.3, -0.25) is 19.4 Å². The van der Waals surface area contributed by atoms with E-state index in [-0.39, 0.29) is 43.5 Å². The molecule has 0 fully saturated rings. The van der Waals surface area contributed by atoms with E-state index in [0.717, 1.165) is 22.0 Å².